The normalized spacial score (nSPS) is 19.3. The minimum atomic E-state index is -0.653. The van der Waals surface area contributed by atoms with E-state index in [0.29, 0.717) is 72.1 Å². The number of halogens is 1. The minimum Gasteiger partial charge on any atom is -0.379 e. The number of anilines is 1. The number of nitrogens with zero attached hydrogens (tertiary/aromatic N) is 1. The van der Waals surface area contributed by atoms with E-state index in [2.05, 4.69) is 15.6 Å². The highest BCUT2D eigenvalue weighted by molar-refractivity contribution is 6.34. The molecule has 4 rings (SSSR count). The molecule has 0 saturated carbocycles. The monoisotopic (exact) mass is 456 g/mol. The van der Waals surface area contributed by atoms with E-state index >= 15 is 0 Å². The summed E-state index contributed by atoms with van der Waals surface area (Å²) >= 11 is 0. The number of aryl methyl sites for hydroxylation is 1. The molecule has 4 N–H and O–H groups in total. The number of carbonyl (C=O) groups is 2. The number of benzene rings is 1. The molecule has 8 nitrogen and oxygen atoms in total. The minimum absolute atomic E-state index is 0.249. The van der Waals surface area contributed by atoms with E-state index in [1.165, 1.54) is 18.2 Å². The van der Waals surface area contributed by atoms with Crippen LogP contribution in [0.2, 0.25) is 0 Å². The lowest BCUT2D eigenvalue weighted by Gasteiger charge is -2.32. The van der Waals surface area contributed by atoms with E-state index in [9.17, 15) is 19.1 Å². The van der Waals surface area contributed by atoms with Gasteiger partial charge in [-0.15, -0.1) is 0 Å². The summed E-state index contributed by atoms with van der Waals surface area (Å²) in [5.74, 6) is -1.00. The van der Waals surface area contributed by atoms with Gasteiger partial charge < -0.3 is 25.5 Å². The van der Waals surface area contributed by atoms with Crippen LogP contribution in [-0.2, 0) is 9.53 Å². The number of carbonyl (C=O) groups excluding carboxylic acids is 2. The van der Waals surface area contributed by atoms with E-state index in [1.54, 1.807) is 19.9 Å². The molecule has 0 spiro atoms. The number of fused-ring (bicyclic) bond motifs is 1. The number of aliphatic hydroxyl groups is 1. The zero-order chi connectivity index (χ0) is 23.7. The van der Waals surface area contributed by atoms with Crippen molar-refractivity contribution in [1.82, 2.24) is 15.2 Å². The molecule has 0 bridgehead atoms. The van der Waals surface area contributed by atoms with Gasteiger partial charge in [0.2, 0.25) is 0 Å². The average molecular weight is 457 g/mol. The fourth-order valence-electron chi connectivity index (χ4n) is 4.40. The van der Waals surface area contributed by atoms with Gasteiger partial charge in [-0.3, -0.25) is 14.5 Å². The number of aliphatic hydroxyl groups excluding tert-OH is 1. The molecule has 3 heterocycles. The third-order valence-electron chi connectivity index (χ3n) is 6.17. The summed E-state index contributed by atoms with van der Waals surface area (Å²) in [6, 6.07) is 3.90. The van der Waals surface area contributed by atoms with Crippen molar-refractivity contribution in [2.45, 2.75) is 39.5 Å². The second kappa shape index (κ2) is 9.46. The Hall–Kier alpha value is -3.01. The van der Waals surface area contributed by atoms with Crippen LogP contribution in [0.4, 0.5) is 10.1 Å². The average Bonchev–Trinajstić information content (AvgIpc) is 3.23. The van der Waals surface area contributed by atoms with E-state index in [1.807, 2.05) is 11.8 Å². The van der Waals surface area contributed by atoms with Gasteiger partial charge in [0.25, 0.3) is 11.8 Å². The second-order valence-corrected chi connectivity index (χ2v) is 8.60. The van der Waals surface area contributed by atoms with E-state index in [4.69, 9.17) is 4.74 Å². The molecule has 2 unspecified atom stereocenters. The smallest absolute Gasteiger partial charge is 0.256 e. The summed E-state index contributed by atoms with van der Waals surface area (Å²) in [5.41, 5.74) is 3.84. The Morgan fingerprint density at radius 3 is 2.79 bits per heavy atom. The number of hydrogen-bond acceptors (Lipinski definition) is 5. The van der Waals surface area contributed by atoms with Crippen molar-refractivity contribution in [3.8, 4) is 0 Å². The highest BCUT2D eigenvalue weighted by Gasteiger charge is 2.27. The first kappa shape index (κ1) is 23.2. The molecule has 1 aromatic heterocycles. The number of aromatic nitrogens is 1. The SMILES string of the molecule is Cc1[nH]c(/C=C2\C(=O)Nc3ccc(F)cc32)c(C)c1C(=O)NC(C)CC(O)N1CCOCC1. The maximum Gasteiger partial charge on any atom is 0.256 e. The number of hydrogen-bond donors (Lipinski definition) is 4. The lowest BCUT2D eigenvalue weighted by Crippen LogP contribution is -2.46. The lowest BCUT2D eigenvalue weighted by molar-refractivity contribution is -0.110. The van der Waals surface area contributed by atoms with Crippen molar-refractivity contribution in [1.29, 1.82) is 0 Å². The Bertz CT molecular complexity index is 1100. The van der Waals surface area contributed by atoms with Crippen molar-refractivity contribution < 1.29 is 23.8 Å². The molecule has 0 aliphatic carbocycles. The van der Waals surface area contributed by atoms with Crippen LogP contribution in [-0.4, -0.2) is 65.4 Å². The predicted molar refractivity (Wildman–Crippen MR) is 123 cm³/mol. The van der Waals surface area contributed by atoms with Gasteiger partial charge in [-0.1, -0.05) is 0 Å². The molecule has 2 aliphatic heterocycles. The van der Waals surface area contributed by atoms with Gasteiger partial charge in [-0.05, 0) is 50.6 Å². The van der Waals surface area contributed by atoms with E-state index in [-0.39, 0.29) is 17.9 Å². The zero-order valence-electron chi connectivity index (χ0n) is 19.0. The highest BCUT2D eigenvalue weighted by atomic mass is 19.1. The van der Waals surface area contributed by atoms with Crippen LogP contribution in [0.5, 0.6) is 0 Å². The van der Waals surface area contributed by atoms with Crippen LogP contribution in [0, 0.1) is 19.7 Å². The van der Waals surface area contributed by atoms with Crippen LogP contribution < -0.4 is 10.6 Å². The molecule has 2 aliphatic rings. The summed E-state index contributed by atoms with van der Waals surface area (Å²) < 4.78 is 19.0. The topological polar surface area (TPSA) is 107 Å². The molecule has 2 amide bonds. The standard InChI is InChI=1S/C24H29FN4O4/c1-13(10-21(30)29-6-8-33-9-7-29)26-24(32)22-14(2)20(27-15(22)3)12-18-17-11-16(25)4-5-19(17)28-23(18)31/h4-5,11-13,21,27,30H,6-10H2,1-3H3,(H,26,32)(H,28,31)/b18-12-. The number of nitrogens with one attached hydrogen (secondary N) is 3. The molecule has 2 aromatic rings. The number of aromatic amines is 1. The molecule has 0 radical (unpaired) electrons. The van der Waals surface area contributed by atoms with Crippen LogP contribution in [0.1, 0.15) is 46.2 Å². The number of rotatable bonds is 6. The summed E-state index contributed by atoms with van der Waals surface area (Å²) in [5, 5.41) is 16.2. The Labute approximate surface area is 191 Å². The van der Waals surface area contributed by atoms with E-state index in [0.717, 1.165) is 0 Å². The maximum absolute atomic E-state index is 13.7. The number of amides is 2. The Morgan fingerprint density at radius 1 is 1.33 bits per heavy atom. The third kappa shape index (κ3) is 4.85. The van der Waals surface area contributed by atoms with Crippen molar-refractivity contribution in [2.75, 3.05) is 31.6 Å². The second-order valence-electron chi connectivity index (χ2n) is 8.60. The molecular weight excluding hydrogens is 427 g/mol. The van der Waals surface area contributed by atoms with Gasteiger partial charge in [-0.2, -0.15) is 0 Å². The first-order chi connectivity index (χ1) is 15.7. The summed E-state index contributed by atoms with van der Waals surface area (Å²) in [6.45, 7) is 7.96. The van der Waals surface area contributed by atoms with Crippen LogP contribution >= 0.6 is 0 Å². The summed E-state index contributed by atoms with van der Waals surface area (Å²) in [6.07, 6.45) is 1.39. The van der Waals surface area contributed by atoms with Crippen molar-refractivity contribution in [2.24, 2.45) is 0 Å². The molecule has 1 fully saturated rings. The summed E-state index contributed by atoms with van der Waals surface area (Å²) in [4.78, 5) is 30.6. The van der Waals surface area contributed by atoms with Gasteiger partial charge in [0.15, 0.2) is 0 Å². The third-order valence-corrected chi connectivity index (χ3v) is 6.17. The summed E-state index contributed by atoms with van der Waals surface area (Å²) in [7, 11) is 0. The van der Waals surface area contributed by atoms with Gasteiger partial charge in [-0.25, -0.2) is 4.39 Å². The first-order valence-corrected chi connectivity index (χ1v) is 11.1. The maximum atomic E-state index is 13.7. The van der Waals surface area contributed by atoms with Crippen LogP contribution in [0.25, 0.3) is 11.6 Å². The van der Waals surface area contributed by atoms with Gasteiger partial charge >= 0.3 is 0 Å². The largest absolute Gasteiger partial charge is 0.379 e. The van der Waals surface area contributed by atoms with Crippen molar-refractivity contribution in [3.63, 3.8) is 0 Å². The number of H-pyrrole nitrogens is 1. The van der Waals surface area contributed by atoms with Crippen molar-refractivity contribution >= 4 is 29.2 Å². The van der Waals surface area contributed by atoms with E-state index < -0.39 is 12.0 Å². The van der Waals surface area contributed by atoms with Gasteiger partial charge in [0, 0.05) is 48.2 Å². The first-order valence-electron chi connectivity index (χ1n) is 11.1. The van der Waals surface area contributed by atoms with Crippen LogP contribution in [0.15, 0.2) is 18.2 Å². The predicted octanol–water partition coefficient (Wildman–Crippen LogP) is 2.42. The lowest BCUT2D eigenvalue weighted by atomic mass is 10.0. The molecule has 9 heteroatoms. The Morgan fingerprint density at radius 2 is 2.06 bits per heavy atom. The number of ether oxygens (including phenoxy) is 1. The Balaban J connectivity index is 1.50. The quantitative estimate of drug-likeness (QED) is 0.500. The van der Waals surface area contributed by atoms with Gasteiger partial charge in [0.05, 0.1) is 24.4 Å². The number of morpholine rings is 1. The molecule has 2 atom stereocenters. The fraction of sp³-hybridized carbons (Fsp3) is 0.417. The molecule has 1 aromatic carbocycles. The molecular formula is C24H29FN4O4. The molecule has 176 valence electrons. The molecule has 33 heavy (non-hydrogen) atoms. The van der Waals surface area contributed by atoms with Crippen LogP contribution in [0.3, 0.4) is 0 Å². The Kier molecular flexibility index (Phi) is 6.64. The van der Waals surface area contributed by atoms with Gasteiger partial charge in [0.1, 0.15) is 12.0 Å². The fourth-order valence-corrected chi connectivity index (χ4v) is 4.40. The highest BCUT2D eigenvalue weighted by Crippen LogP contribution is 2.34. The van der Waals surface area contributed by atoms with Crippen molar-refractivity contribution in [3.05, 3.63) is 52.1 Å². The molecule has 1 saturated heterocycles. The zero-order valence-corrected chi connectivity index (χ0v) is 19.0.